The van der Waals surface area contributed by atoms with Crippen LogP contribution in [-0.2, 0) is 0 Å². The highest BCUT2D eigenvalue weighted by Gasteiger charge is 2.16. The van der Waals surface area contributed by atoms with Gasteiger partial charge in [-0.2, -0.15) is 0 Å². The van der Waals surface area contributed by atoms with E-state index in [2.05, 4.69) is 5.92 Å². The van der Waals surface area contributed by atoms with Gasteiger partial charge < -0.3 is 5.11 Å². The second kappa shape index (κ2) is 7.77. The van der Waals surface area contributed by atoms with Crippen molar-refractivity contribution >= 4 is 0 Å². The molecule has 1 N–H and O–H groups in total. The summed E-state index contributed by atoms with van der Waals surface area (Å²) in [6.07, 6.45) is 16.9. The van der Waals surface area contributed by atoms with Crippen molar-refractivity contribution in [2.75, 3.05) is 0 Å². The number of rotatable bonds is 5. The molecule has 1 saturated carbocycles. The molecule has 1 heteroatoms. The summed E-state index contributed by atoms with van der Waals surface area (Å²) in [5, 5.41) is 9.85. The Morgan fingerprint density at radius 2 is 1.87 bits per heavy atom. The van der Waals surface area contributed by atoms with Crippen LogP contribution in [-0.4, -0.2) is 11.2 Å². The number of aliphatic hydroxyl groups excluding tert-OH is 1. The van der Waals surface area contributed by atoms with Gasteiger partial charge in [0, 0.05) is 6.42 Å². The zero-order valence-electron chi connectivity index (χ0n) is 9.75. The topological polar surface area (TPSA) is 20.2 Å². The van der Waals surface area contributed by atoms with E-state index in [4.69, 9.17) is 6.42 Å². The predicted octanol–water partition coefficient (Wildman–Crippen LogP) is 3.51. The van der Waals surface area contributed by atoms with E-state index in [1.54, 1.807) is 0 Å². The minimum Gasteiger partial charge on any atom is -0.393 e. The van der Waals surface area contributed by atoms with Crippen molar-refractivity contribution in [1.82, 2.24) is 0 Å². The highest BCUT2D eigenvalue weighted by molar-refractivity contribution is 4.83. The first-order valence-electron chi connectivity index (χ1n) is 6.44. The molecule has 1 aliphatic carbocycles. The highest BCUT2D eigenvalue weighted by Crippen LogP contribution is 2.27. The van der Waals surface area contributed by atoms with Gasteiger partial charge in [0.15, 0.2) is 0 Å². The lowest BCUT2D eigenvalue weighted by Gasteiger charge is -2.18. The summed E-state index contributed by atoms with van der Waals surface area (Å²) in [6, 6.07) is 0. The lowest BCUT2D eigenvalue weighted by molar-refractivity contribution is 0.127. The third-order valence-corrected chi connectivity index (χ3v) is 3.44. The summed E-state index contributed by atoms with van der Waals surface area (Å²) in [5.74, 6) is 3.40. The molecule has 0 heterocycles. The molecule has 0 radical (unpaired) electrons. The quantitative estimate of drug-likeness (QED) is 0.416. The van der Waals surface area contributed by atoms with Crippen LogP contribution in [0.4, 0.5) is 0 Å². The van der Waals surface area contributed by atoms with Crippen molar-refractivity contribution in [1.29, 1.82) is 0 Å². The second-order valence-corrected chi connectivity index (χ2v) is 4.84. The summed E-state index contributed by atoms with van der Waals surface area (Å²) in [6.45, 7) is 0. The van der Waals surface area contributed by atoms with E-state index in [9.17, 15) is 5.11 Å². The Hall–Kier alpha value is -0.480. The maximum atomic E-state index is 9.85. The fourth-order valence-electron chi connectivity index (χ4n) is 2.54. The summed E-state index contributed by atoms with van der Waals surface area (Å²) in [4.78, 5) is 0. The third kappa shape index (κ3) is 5.85. The Balaban J connectivity index is 2.12. The zero-order valence-corrected chi connectivity index (χ0v) is 9.75. The minimum atomic E-state index is -0.110. The molecule has 0 amide bonds. The van der Waals surface area contributed by atoms with Crippen LogP contribution in [0, 0.1) is 18.3 Å². The van der Waals surface area contributed by atoms with Crippen LogP contribution in [0.15, 0.2) is 0 Å². The van der Waals surface area contributed by atoms with Crippen molar-refractivity contribution in [3.8, 4) is 12.3 Å². The summed E-state index contributed by atoms with van der Waals surface area (Å²) in [5.41, 5.74) is 0. The summed E-state index contributed by atoms with van der Waals surface area (Å²) >= 11 is 0. The SMILES string of the molecule is C#CCCCC(O)CC1CCCCCC1. The molecular weight excluding hydrogens is 184 g/mol. The summed E-state index contributed by atoms with van der Waals surface area (Å²) in [7, 11) is 0. The lowest BCUT2D eigenvalue weighted by Crippen LogP contribution is -2.13. The average molecular weight is 208 g/mol. The Kier molecular flexibility index (Phi) is 6.52. The molecule has 0 spiro atoms. The molecular formula is C14H24O. The number of hydrogen-bond donors (Lipinski definition) is 1. The van der Waals surface area contributed by atoms with Gasteiger partial charge in [0.2, 0.25) is 0 Å². The third-order valence-electron chi connectivity index (χ3n) is 3.44. The fraction of sp³-hybridized carbons (Fsp3) is 0.857. The van der Waals surface area contributed by atoms with Gasteiger partial charge in [0.1, 0.15) is 0 Å². The van der Waals surface area contributed by atoms with Crippen molar-refractivity contribution in [2.24, 2.45) is 5.92 Å². The van der Waals surface area contributed by atoms with E-state index in [0.29, 0.717) is 0 Å². The number of aliphatic hydroxyl groups is 1. The predicted molar refractivity (Wildman–Crippen MR) is 64.5 cm³/mol. The summed E-state index contributed by atoms with van der Waals surface area (Å²) < 4.78 is 0. The first-order valence-corrected chi connectivity index (χ1v) is 6.44. The smallest absolute Gasteiger partial charge is 0.0543 e. The monoisotopic (exact) mass is 208 g/mol. The molecule has 86 valence electrons. The number of unbranched alkanes of at least 4 members (excludes halogenated alkanes) is 1. The standard InChI is InChI=1S/C14H24O/c1-2-3-6-11-14(15)12-13-9-7-4-5-8-10-13/h1,13-15H,3-12H2. The van der Waals surface area contributed by atoms with Gasteiger partial charge >= 0.3 is 0 Å². The van der Waals surface area contributed by atoms with E-state index < -0.39 is 0 Å². The Morgan fingerprint density at radius 1 is 1.20 bits per heavy atom. The number of terminal acetylenes is 1. The van der Waals surface area contributed by atoms with Crippen LogP contribution in [0.1, 0.15) is 64.2 Å². The van der Waals surface area contributed by atoms with Gasteiger partial charge in [-0.3, -0.25) is 0 Å². The molecule has 15 heavy (non-hydrogen) atoms. The van der Waals surface area contributed by atoms with E-state index in [1.165, 1.54) is 38.5 Å². The van der Waals surface area contributed by atoms with Gasteiger partial charge in [-0.1, -0.05) is 38.5 Å². The van der Waals surface area contributed by atoms with Gasteiger partial charge in [-0.25, -0.2) is 0 Å². The van der Waals surface area contributed by atoms with E-state index in [-0.39, 0.29) is 6.10 Å². The Labute approximate surface area is 94.3 Å². The van der Waals surface area contributed by atoms with Crippen LogP contribution in [0.2, 0.25) is 0 Å². The van der Waals surface area contributed by atoms with Crippen LogP contribution in [0.25, 0.3) is 0 Å². The molecule has 1 nitrogen and oxygen atoms in total. The first-order chi connectivity index (χ1) is 7.33. The van der Waals surface area contributed by atoms with E-state index in [1.807, 2.05) is 0 Å². The van der Waals surface area contributed by atoms with Crippen molar-refractivity contribution in [3.63, 3.8) is 0 Å². The molecule has 0 aliphatic heterocycles. The van der Waals surface area contributed by atoms with Gasteiger partial charge in [0.05, 0.1) is 6.10 Å². The van der Waals surface area contributed by atoms with E-state index in [0.717, 1.165) is 31.6 Å². The van der Waals surface area contributed by atoms with Gasteiger partial charge in [-0.05, 0) is 25.2 Å². The molecule has 1 rings (SSSR count). The molecule has 1 atom stereocenters. The Bertz CT molecular complexity index is 184. The molecule has 0 saturated heterocycles. The van der Waals surface area contributed by atoms with Gasteiger partial charge in [-0.15, -0.1) is 12.3 Å². The van der Waals surface area contributed by atoms with Gasteiger partial charge in [0.25, 0.3) is 0 Å². The minimum absolute atomic E-state index is 0.110. The average Bonchev–Trinajstić information content (AvgIpc) is 2.47. The first kappa shape index (κ1) is 12.6. The Morgan fingerprint density at radius 3 is 2.47 bits per heavy atom. The molecule has 0 aromatic carbocycles. The fourth-order valence-corrected chi connectivity index (χ4v) is 2.54. The molecule has 1 aliphatic rings. The number of hydrogen-bond acceptors (Lipinski definition) is 1. The molecule has 0 bridgehead atoms. The molecule has 0 aromatic heterocycles. The second-order valence-electron chi connectivity index (χ2n) is 4.84. The normalized spacial score (nSPS) is 20.5. The lowest BCUT2D eigenvalue weighted by atomic mass is 9.92. The molecule has 0 aromatic rings. The van der Waals surface area contributed by atoms with E-state index >= 15 is 0 Å². The van der Waals surface area contributed by atoms with Crippen molar-refractivity contribution in [2.45, 2.75) is 70.3 Å². The maximum Gasteiger partial charge on any atom is 0.0543 e. The molecule has 1 fully saturated rings. The van der Waals surface area contributed by atoms with Crippen LogP contribution in [0.5, 0.6) is 0 Å². The molecule has 1 unspecified atom stereocenters. The maximum absolute atomic E-state index is 9.85. The highest BCUT2D eigenvalue weighted by atomic mass is 16.3. The van der Waals surface area contributed by atoms with Crippen molar-refractivity contribution < 1.29 is 5.11 Å². The largest absolute Gasteiger partial charge is 0.393 e. The van der Waals surface area contributed by atoms with Crippen molar-refractivity contribution in [3.05, 3.63) is 0 Å². The van der Waals surface area contributed by atoms with Crippen LogP contribution in [0.3, 0.4) is 0 Å². The van der Waals surface area contributed by atoms with Crippen LogP contribution < -0.4 is 0 Å². The zero-order chi connectivity index (χ0) is 10.9. The van der Waals surface area contributed by atoms with Crippen LogP contribution >= 0.6 is 0 Å².